The van der Waals surface area contributed by atoms with Gasteiger partial charge in [0.25, 0.3) is 10.0 Å². The van der Waals surface area contributed by atoms with Gasteiger partial charge in [-0.05, 0) is 59.2 Å². The summed E-state index contributed by atoms with van der Waals surface area (Å²) in [6.45, 7) is 8.52. The lowest BCUT2D eigenvalue weighted by atomic mass is 9.87. The van der Waals surface area contributed by atoms with Gasteiger partial charge in [0.05, 0.1) is 16.5 Å². The van der Waals surface area contributed by atoms with Crippen LogP contribution in [0.15, 0.2) is 71.6 Å². The Bertz CT molecular complexity index is 1340. The molecule has 1 heterocycles. The molecule has 1 aliphatic heterocycles. The number of hydrogen-bond donors (Lipinski definition) is 1. The zero-order valence-corrected chi connectivity index (χ0v) is 21.3. The molecule has 0 bridgehead atoms. The quantitative estimate of drug-likeness (QED) is 0.502. The largest absolute Gasteiger partial charge is 0.489 e. The van der Waals surface area contributed by atoms with Crippen LogP contribution in [0.5, 0.6) is 5.75 Å². The number of benzene rings is 3. The maximum atomic E-state index is 13.6. The molecule has 1 aliphatic rings. The summed E-state index contributed by atoms with van der Waals surface area (Å²) in [6, 6.07) is 20.1. The minimum atomic E-state index is -3.95. The lowest BCUT2D eigenvalue weighted by molar-refractivity contribution is -0.141. The molecule has 0 saturated carbocycles. The van der Waals surface area contributed by atoms with E-state index in [-0.39, 0.29) is 23.3 Å². The summed E-state index contributed by atoms with van der Waals surface area (Å²) in [4.78, 5) is 11.9. The lowest BCUT2D eigenvalue weighted by Gasteiger charge is -2.34. The summed E-state index contributed by atoms with van der Waals surface area (Å²) in [5, 5.41) is 9.65. The highest BCUT2D eigenvalue weighted by Gasteiger charge is 2.36. The van der Waals surface area contributed by atoms with Crippen LogP contribution in [-0.2, 0) is 33.3 Å². The summed E-state index contributed by atoms with van der Waals surface area (Å²) in [5.74, 6) is -1.31. The third-order valence-corrected chi connectivity index (χ3v) is 8.11. The molecule has 0 aliphatic carbocycles. The number of carbonyl (C=O) groups is 1. The molecule has 1 atom stereocenters. The molecule has 0 radical (unpaired) electrons. The van der Waals surface area contributed by atoms with Gasteiger partial charge < -0.3 is 9.84 Å². The Morgan fingerprint density at radius 1 is 1.06 bits per heavy atom. The van der Waals surface area contributed by atoms with Crippen LogP contribution in [0.3, 0.4) is 0 Å². The van der Waals surface area contributed by atoms with Crippen LogP contribution >= 0.6 is 0 Å². The first-order valence-corrected chi connectivity index (χ1v) is 13.1. The Balaban J connectivity index is 1.63. The minimum Gasteiger partial charge on any atom is -0.489 e. The fourth-order valence-electron chi connectivity index (χ4n) is 4.23. The maximum absolute atomic E-state index is 13.6. The van der Waals surface area contributed by atoms with Crippen molar-refractivity contribution in [1.29, 1.82) is 0 Å². The second-order valence-corrected chi connectivity index (χ2v) is 12.0. The van der Waals surface area contributed by atoms with Gasteiger partial charge in [-0.15, -0.1) is 0 Å². The van der Waals surface area contributed by atoms with E-state index in [2.05, 4.69) is 32.9 Å². The van der Waals surface area contributed by atoms with E-state index in [9.17, 15) is 18.3 Å². The highest BCUT2D eigenvalue weighted by Crippen LogP contribution is 2.37. The van der Waals surface area contributed by atoms with Crippen LogP contribution in [-0.4, -0.2) is 26.0 Å². The van der Waals surface area contributed by atoms with Crippen molar-refractivity contribution in [1.82, 2.24) is 0 Å². The van der Waals surface area contributed by atoms with Gasteiger partial charge in [-0.2, -0.15) is 0 Å². The molecular weight excluding hydrogens is 462 g/mol. The zero-order chi connectivity index (χ0) is 25.4. The van der Waals surface area contributed by atoms with Gasteiger partial charge in [0, 0.05) is 12.6 Å². The molecule has 3 aromatic rings. The van der Waals surface area contributed by atoms with Gasteiger partial charge in [0.2, 0.25) is 0 Å². The van der Waals surface area contributed by atoms with E-state index in [1.807, 2.05) is 25.1 Å². The van der Waals surface area contributed by atoms with Crippen molar-refractivity contribution in [2.45, 2.75) is 51.0 Å². The third-order valence-electron chi connectivity index (χ3n) is 6.33. The summed E-state index contributed by atoms with van der Waals surface area (Å²) in [7, 11) is -3.95. The fraction of sp³-hybridized carbons (Fsp3) is 0.321. The molecule has 7 heteroatoms. The van der Waals surface area contributed by atoms with E-state index < -0.39 is 21.9 Å². The smallest absolute Gasteiger partial charge is 0.308 e. The van der Waals surface area contributed by atoms with E-state index in [4.69, 9.17) is 4.74 Å². The number of rotatable bonds is 6. The first-order chi connectivity index (χ1) is 16.4. The number of sulfonamides is 1. The number of carboxylic acids is 1. The number of carboxylic acid groups (broad SMARTS) is 1. The van der Waals surface area contributed by atoms with Crippen molar-refractivity contribution in [2.75, 3.05) is 10.8 Å². The molecule has 3 aromatic carbocycles. The first kappa shape index (κ1) is 24.8. The molecule has 1 unspecified atom stereocenters. The number of aryl methyl sites for hydroxylation is 1. The Labute approximate surface area is 207 Å². The average Bonchev–Trinajstić information content (AvgIpc) is 2.81. The number of hydrogen-bond acceptors (Lipinski definition) is 4. The van der Waals surface area contributed by atoms with Gasteiger partial charge >= 0.3 is 5.97 Å². The van der Waals surface area contributed by atoms with Crippen LogP contribution < -0.4 is 9.04 Å². The van der Waals surface area contributed by atoms with E-state index in [1.165, 1.54) is 15.9 Å². The maximum Gasteiger partial charge on any atom is 0.308 e. The molecule has 0 aromatic heterocycles. The molecule has 4 rings (SSSR count). The summed E-state index contributed by atoms with van der Waals surface area (Å²) >= 11 is 0. The topological polar surface area (TPSA) is 83.9 Å². The zero-order valence-electron chi connectivity index (χ0n) is 20.5. The average molecular weight is 494 g/mol. The van der Waals surface area contributed by atoms with Gasteiger partial charge in [0.15, 0.2) is 0 Å². The van der Waals surface area contributed by atoms with Crippen molar-refractivity contribution in [3.8, 4) is 5.75 Å². The van der Waals surface area contributed by atoms with E-state index in [0.717, 1.165) is 11.1 Å². The Kier molecular flexibility index (Phi) is 6.64. The standard InChI is InChI=1S/C28H31NO5S/c1-19-6-5-7-25(14-19)35(32,33)29-17-22(27(30)31)15-21-10-13-24(16-26(21)29)34-18-20-8-11-23(12-9-20)28(2,3)4/h5-14,16,22H,15,17-18H2,1-4H3,(H,30,31). The summed E-state index contributed by atoms with van der Waals surface area (Å²) < 4.78 is 34.4. The number of ether oxygens (including phenoxy) is 1. The Morgan fingerprint density at radius 3 is 2.40 bits per heavy atom. The summed E-state index contributed by atoms with van der Waals surface area (Å²) in [5.41, 5.74) is 4.25. The van der Waals surface area contributed by atoms with Gasteiger partial charge in [-0.25, -0.2) is 8.42 Å². The van der Waals surface area contributed by atoms with Crippen molar-refractivity contribution in [2.24, 2.45) is 5.92 Å². The molecule has 0 amide bonds. The Morgan fingerprint density at radius 2 is 1.77 bits per heavy atom. The molecular formula is C28H31NO5S. The van der Waals surface area contributed by atoms with Gasteiger partial charge in [0.1, 0.15) is 12.4 Å². The SMILES string of the molecule is Cc1cccc(S(=O)(=O)N2CC(C(=O)O)Cc3ccc(OCc4ccc(C(C)(C)C)cc4)cc32)c1. The third kappa shape index (κ3) is 5.35. The lowest BCUT2D eigenvalue weighted by Crippen LogP contribution is -2.42. The van der Waals surface area contributed by atoms with Crippen LogP contribution in [0.2, 0.25) is 0 Å². The molecule has 184 valence electrons. The van der Waals surface area contributed by atoms with Crippen LogP contribution in [0, 0.1) is 12.8 Å². The van der Waals surface area contributed by atoms with Crippen molar-refractivity contribution in [3.05, 3.63) is 89.0 Å². The molecule has 1 N–H and O–H groups in total. The molecule has 35 heavy (non-hydrogen) atoms. The highest BCUT2D eigenvalue weighted by atomic mass is 32.2. The van der Waals surface area contributed by atoms with Crippen LogP contribution in [0.1, 0.15) is 43.0 Å². The fourth-order valence-corrected chi connectivity index (χ4v) is 5.88. The molecule has 0 fully saturated rings. The molecule has 6 nitrogen and oxygen atoms in total. The number of anilines is 1. The van der Waals surface area contributed by atoms with Crippen molar-refractivity contribution < 1.29 is 23.1 Å². The Hall–Kier alpha value is -3.32. The monoisotopic (exact) mass is 493 g/mol. The highest BCUT2D eigenvalue weighted by molar-refractivity contribution is 7.92. The van der Waals surface area contributed by atoms with E-state index >= 15 is 0 Å². The first-order valence-electron chi connectivity index (χ1n) is 11.6. The second-order valence-electron chi connectivity index (χ2n) is 10.1. The van der Waals surface area contributed by atoms with Crippen LogP contribution in [0.4, 0.5) is 5.69 Å². The minimum absolute atomic E-state index is 0.0674. The second kappa shape index (κ2) is 9.38. The van der Waals surface area contributed by atoms with Crippen molar-refractivity contribution >= 4 is 21.7 Å². The van der Waals surface area contributed by atoms with Crippen molar-refractivity contribution in [3.63, 3.8) is 0 Å². The van der Waals surface area contributed by atoms with Gasteiger partial charge in [-0.1, -0.05) is 63.2 Å². The van der Waals surface area contributed by atoms with Crippen LogP contribution in [0.25, 0.3) is 0 Å². The van der Waals surface area contributed by atoms with E-state index in [1.54, 1.807) is 30.3 Å². The normalized spacial score (nSPS) is 16.0. The predicted molar refractivity (Wildman–Crippen MR) is 136 cm³/mol. The molecule has 0 saturated heterocycles. The number of nitrogens with zero attached hydrogens (tertiary/aromatic N) is 1. The number of fused-ring (bicyclic) bond motifs is 1. The summed E-state index contributed by atoms with van der Waals surface area (Å²) in [6.07, 6.45) is 0.263. The predicted octanol–water partition coefficient (Wildman–Crippen LogP) is 5.32. The van der Waals surface area contributed by atoms with Gasteiger partial charge in [-0.3, -0.25) is 9.10 Å². The number of aliphatic carboxylic acids is 1. The van der Waals surface area contributed by atoms with E-state index in [0.29, 0.717) is 23.6 Å². The molecule has 0 spiro atoms.